The van der Waals surface area contributed by atoms with Gasteiger partial charge in [-0.3, -0.25) is 4.79 Å². The fraction of sp³-hybridized carbons (Fsp3) is 0.150. The number of carbonyl (C=O) groups excluding carboxylic acids is 2. The molecule has 3 rings (SSSR count). The van der Waals surface area contributed by atoms with Crippen molar-refractivity contribution >= 4 is 40.1 Å². The number of nitrogens with one attached hydrogen (secondary N) is 1. The van der Waals surface area contributed by atoms with Crippen molar-refractivity contribution in [1.82, 2.24) is 4.98 Å². The van der Waals surface area contributed by atoms with Gasteiger partial charge in [0, 0.05) is 29.6 Å². The van der Waals surface area contributed by atoms with Gasteiger partial charge in [0.05, 0.1) is 18.2 Å². The summed E-state index contributed by atoms with van der Waals surface area (Å²) < 4.78 is 10.5. The molecule has 6 nitrogen and oxygen atoms in total. The lowest BCUT2D eigenvalue weighted by Gasteiger charge is -2.09. The van der Waals surface area contributed by atoms with Gasteiger partial charge >= 0.3 is 5.97 Å². The monoisotopic (exact) mass is 384 g/mol. The van der Waals surface area contributed by atoms with Crippen molar-refractivity contribution in [2.75, 3.05) is 12.4 Å². The molecule has 1 N–H and O–H groups in total. The summed E-state index contributed by atoms with van der Waals surface area (Å²) in [5, 5.41) is 3.74. The summed E-state index contributed by atoms with van der Waals surface area (Å²) >= 11 is 6.22. The van der Waals surface area contributed by atoms with Gasteiger partial charge < -0.3 is 14.8 Å². The van der Waals surface area contributed by atoms with Crippen LogP contribution in [0, 0.1) is 0 Å². The number of anilines is 1. The second-order valence-corrected chi connectivity index (χ2v) is 6.19. The van der Waals surface area contributed by atoms with E-state index in [1.165, 1.54) is 6.92 Å². The first kappa shape index (κ1) is 18.7. The minimum absolute atomic E-state index is 0.0169. The molecule has 2 aromatic carbocycles. The van der Waals surface area contributed by atoms with Gasteiger partial charge in [-0.25, -0.2) is 9.78 Å². The molecule has 0 radical (unpaired) electrons. The Balaban J connectivity index is 1.75. The number of amides is 1. The van der Waals surface area contributed by atoms with E-state index >= 15 is 0 Å². The van der Waals surface area contributed by atoms with Crippen LogP contribution in [-0.4, -0.2) is 24.0 Å². The Labute approximate surface area is 161 Å². The third-order valence-electron chi connectivity index (χ3n) is 3.83. The highest BCUT2D eigenvalue weighted by Crippen LogP contribution is 2.25. The zero-order chi connectivity index (χ0) is 19.4. The summed E-state index contributed by atoms with van der Waals surface area (Å²) in [6, 6.07) is 13.8. The highest BCUT2D eigenvalue weighted by Gasteiger charge is 2.12. The highest BCUT2D eigenvalue weighted by molar-refractivity contribution is 6.30. The Bertz CT molecular complexity index is 1020. The van der Waals surface area contributed by atoms with Crippen LogP contribution >= 0.6 is 11.6 Å². The molecule has 1 aromatic heterocycles. The van der Waals surface area contributed by atoms with E-state index < -0.39 is 5.97 Å². The van der Waals surface area contributed by atoms with Crippen LogP contribution in [0.2, 0.25) is 5.15 Å². The molecule has 0 saturated heterocycles. The first-order chi connectivity index (χ1) is 13.0. The standard InChI is InChI=1S/C20H17ClN2O4/c1-12(24)22-16-5-3-4-14(9-16)20(25)27-11-15-8-13-6-7-17(26-2)10-18(13)23-19(15)21/h3-10H,11H2,1-2H3,(H,22,24). The van der Waals surface area contributed by atoms with Crippen molar-refractivity contribution in [3.63, 3.8) is 0 Å². The smallest absolute Gasteiger partial charge is 0.338 e. The van der Waals surface area contributed by atoms with Crippen LogP contribution in [0.15, 0.2) is 48.5 Å². The molecule has 0 aliphatic heterocycles. The summed E-state index contributed by atoms with van der Waals surface area (Å²) in [7, 11) is 1.58. The average molecular weight is 385 g/mol. The van der Waals surface area contributed by atoms with Gasteiger partial charge in [0.25, 0.3) is 0 Å². The number of methoxy groups -OCH3 is 1. The summed E-state index contributed by atoms with van der Waals surface area (Å²) in [5.41, 5.74) is 2.14. The topological polar surface area (TPSA) is 77.5 Å². The van der Waals surface area contributed by atoms with Crippen molar-refractivity contribution < 1.29 is 19.1 Å². The van der Waals surface area contributed by atoms with Gasteiger partial charge in [0.1, 0.15) is 17.5 Å². The Morgan fingerprint density at radius 1 is 1.15 bits per heavy atom. The Hall–Kier alpha value is -3.12. The number of benzene rings is 2. The summed E-state index contributed by atoms with van der Waals surface area (Å²) in [6.07, 6.45) is 0. The van der Waals surface area contributed by atoms with Crippen LogP contribution in [0.3, 0.4) is 0 Å². The fourth-order valence-corrected chi connectivity index (χ4v) is 2.75. The van der Waals surface area contributed by atoms with Gasteiger partial charge in [-0.1, -0.05) is 17.7 Å². The van der Waals surface area contributed by atoms with Gasteiger partial charge in [-0.05, 0) is 36.4 Å². The minimum Gasteiger partial charge on any atom is -0.497 e. The van der Waals surface area contributed by atoms with Crippen molar-refractivity contribution in [3.8, 4) is 5.75 Å². The van der Waals surface area contributed by atoms with E-state index in [4.69, 9.17) is 21.1 Å². The van der Waals surface area contributed by atoms with Crippen LogP contribution in [0.4, 0.5) is 5.69 Å². The second-order valence-electron chi connectivity index (χ2n) is 5.84. The Morgan fingerprint density at radius 2 is 1.96 bits per heavy atom. The predicted octanol–water partition coefficient (Wildman–Crippen LogP) is 4.21. The van der Waals surface area contributed by atoms with Gasteiger partial charge in [-0.15, -0.1) is 0 Å². The predicted molar refractivity (Wildman–Crippen MR) is 103 cm³/mol. The van der Waals surface area contributed by atoms with Crippen LogP contribution in [0.1, 0.15) is 22.8 Å². The first-order valence-corrected chi connectivity index (χ1v) is 8.52. The number of fused-ring (bicyclic) bond motifs is 1. The van der Waals surface area contributed by atoms with Crippen LogP contribution in [-0.2, 0) is 16.1 Å². The zero-order valence-electron chi connectivity index (χ0n) is 14.8. The molecule has 1 amide bonds. The number of ether oxygens (including phenoxy) is 2. The number of esters is 1. The van der Waals surface area contributed by atoms with E-state index in [0.29, 0.717) is 28.1 Å². The van der Waals surface area contributed by atoms with Gasteiger partial charge in [0.2, 0.25) is 5.91 Å². The van der Waals surface area contributed by atoms with E-state index in [9.17, 15) is 9.59 Å². The molecule has 0 bridgehead atoms. The number of halogens is 1. The molecule has 0 aliphatic carbocycles. The molecular weight excluding hydrogens is 368 g/mol. The van der Waals surface area contributed by atoms with Crippen molar-refractivity contribution in [1.29, 1.82) is 0 Å². The highest BCUT2D eigenvalue weighted by atomic mass is 35.5. The third-order valence-corrected chi connectivity index (χ3v) is 4.16. The first-order valence-electron chi connectivity index (χ1n) is 8.14. The number of aromatic nitrogens is 1. The number of hydrogen-bond donors (Lipinski definition) is 1. The van der Waals surface area contributed by atoms with E-state index in [2.05, 4.69) is 10.3 Å². The van der Waals surface area contributed by atoms with E-state index in [-0.39, 0.29) is 17.7 Å². The van der Waals surface area contributed by atoms with Crippen molar-refractivity contribution in [2.24, 2.45) is 0 Å². The normalized spacial score (nSPS) is 10.5. The van der Waals surface area contributed by atoms with E-state index in [0.717, 1.165) is 5.39 Å². The number of hydrogen-bond acceptors (Lipinski definition) is 5. The molecule has 0 spiro atoms. The zero-order valence-corrected chi connectivity index (χ0v) is 15.5. The molecule has 27 heavy (non-hydrogen) atoms. The molecule has 7 heteroatoms. The van der Waals surface area contributed by atoms with Gasteiger partial charge in [0.15, 0.2) is 0 Å². The molecule has 0 unspecified atom stereocenters. The number of pyridine rings is 1. The van der Waals surface area contributed by atoms with Gasteiger partial charge in [-0.2, -0.15) is 0 Å². The number of rotatable bonds is 5. The summed E-state index contributed by atoms with van der Waals surface area (Å²) in [4.78, 5) is 27.8. The molecule has 0 saturated carbocycles. The molecule has 138 valence electrons. The molecular formula is C20H17ClN2O4. The third kappa shape index (κ3) is 4.54. The lowest BCUT2D eigenvalue weighted by Crippen LogP contribution is -2.09. The molecule has 3 aromatic rings. The second kappa shape index (κ2) is 8.05. The maximum atomic E-state index is 12.3. The lowest BCUT2D eigenvalue weighted by atomic mass is 10.1. The summed E-state index contributed by atoms with van der Waals surface area (Å²) in [5.74, 6) is -0.0523. The van der Waals surface area contributed by atoms with Crippen LogP contribution in [0.25, 0.3) is 10.9 Å². The molecule has 0 fully saturated rings. The van der Waals surface area contributed by atoms with Crippen molar-refractivity contribution in [3.05, 3.63) is 64.8 Å². The largest absolute Gasteiger partial charge is 0.497 e. The average Bonchev–Trinajstić information content (AvgIpc) is 2.65. The fourth-order valence-electron chi connectivity index (χ4n) is 2.55. The lowest BCUT2D eigenvalue weighted by molar-refractivity contribution is -0.114. The Kier molecular flexibility index (Phi) is 5.57. The number of carbonyl (C=O) groups is 2. The Morgan fingerprint density at radius 3 is 2.70 bits per heavy atom. The molecule has 0 aliphatic rings. The SMILES string of the molecule is COc1ccc2cc(COC(=O)c3cccc(NC(C)=O)c3)c(Cl)nc2c1. The van der Waals surface area contributed by atoms with E-state index in [1.807, 2.05) is 18.2 Å². The quantitative estimate of drug-likeness (QED) is 0.526. The number of nitrogens with zero attached hydrogens (tertiary/aromatic N) is 1. The van der Waals surface area contributed by atoms with Crippen molar-refractivity contribution in [2.45, 2.75) is 13.5 Å². The maximum Gasteiger partial charge on any atom is 0.338 e. The van der Waals surface area contributed by atoms with E-state index in [1.54, 1.807) is 37.4 Å². The molecule has 0 atom stereocenters. The minimum atomic E-state index is -0.520. The maximum absolute atomic E-state index is 12.3. The summed E-state index contributed by atoms with van der Waals surface area (Å²) in [6.45, 7) is 1.38. The van der Waals surface area contributed by atoms with Crippen LogP contribution in [0.5, 0.6) is 5.75 Å². The molecule has 1 heterocycles. The van der Waals surface area contributed by atoms with Crippen LogP contribution < -0.4 is 10.1 Å².